The van der Waals surface area contributed by atoms with Gasteiger partial charge in [-0.2, -0.15) is 4.21 Å². The molecule has 0 aliphatic carbocycles. The summed E-state index contributed by atoms with van der Waals surface area (Å²) in [5, 5.41) is 17.2. The second kappa shape index (κ2) is 5.62. The highest BCUT2D eigenvalue weighted by molar-refractivity contribution is 7.74. The van der Waals surface area contributed by atoms with Crippen LogP contribution < -0.4 is 0 Å². The van der Waals surface area contributed by atoms with Gasteiger partial charge in [-0.1, -0.05) is 0 Å². The van der Waals surface area contributed by atoms with Crippen molar-refractivity contribution in [2.24, 2.45) is 5.92 Å². The summed E-state index contributed by atoms with van der Waals surface area (Å²) < 4.78 is 22.7. The molecule has 2 unspecified atom stereocenters. The molecule has 0 aromatic rings. The third-order valence-corrected chi connectivity index (χ3v) is 1.84. The lowest BCUT2D eigenvalue weighted by atomic mass is 10.1. The molecular formula is C5H12O5S. The summed E-state index contributed by atoms with van der Waals surface area (Å²) in [4.78, 5) is 0. The SMILES string of the molecule is CC(OS(=O)O)C(CO)CO. The number of hydrogen-bond acceptors (Lipinski definition) is 4. The maximum absolute atomic E-state index is 10.1. The normalized spacial score (nSPS) is 16.8. The van der Waals surface area contributed by atoms with Crippen LogP contribution in [0.25, 0.3) is 0 Å². The summed E-state index contributed by atoms with van der Waals surface area (Å²) in [5.74, 6) is -0.508. The van der Waals surface area contributed by atoms with Crippen LogP contribution in [-0.2, 0) is 15.5 Å². The first-order valence-corrected chi connectivity index (χ1v) is 4.14. The molecule has 6 heteroatoms. The number of rotatable bonds is 5. The van der Waals surface area contributed by atoms with Crippen LogP contribution in [0.5, 0.6) is 0 Å². The minimum absolute atomic E-state index is 0.269. The zero-order chi connectivity index (χ0) is 8.85. The van der Waals surface area contributed by atoms with E-state index in [1.165, 1.54) is 6.92 Å². The Morgan fingerprint density at radius 3 is 2.18 bits per heavy atom. The molecule has 0 aromatic heterocycles. The molecule has 0 aromatic carbocycles. The zero-order valence-electron chi connectivity index (χ0n) is 6.14. The maximum Gasteiger partial charge on any atom is 0.302 e. The van der Waals surface area contributed by atoms with Crippen molar-refractivity contribution < 1.29 is 23.2 Å². The zero-order valence-corrected chi connectivity index (χ0v) is 6.95. The van der Waals surface area contributed by atoms with Gasteiger partial charge in [0.25, 0.3) is 0 Å². The van der Waals surface area contributed by atoms with Gasteiger partial charge in [-0.25, -0.2) is 0 Å². The molecule has 5 nitrogen and oxygen atoms in total. The fourth-order valence-electron chi connectivity index (χ4n) is 0.563. The molecule has 0 aliphatic heterocycles. The average molecular weight is 184 g/mol. The lowest BCUT2D eigenvalue weighted by molar-refractivity contribution is 0.0599. The summed E-state index contributed by atoms with van der Waals surface area (Å²) in [6, 6.07) is 0. The van der Waals surface area contributed by atoms with Crippen LogP contribution in [0.1, 0.15) is 6.92 Å². The van der Waals surface area contributed by atoms with Gasteiger partial charge >= 0.3 is 11.4 Å². The van der Waals surface area contributed by atoms with Crippen LogP contribution in [0.15, 0.2) is 0 Å². The van der Waals surface area contributed by atoms with Gasteiger partial charge < -0.3 is 10.2 Å². The minimum atomic E-state index is -2.34. The molecule has 0 heterocycles. The Labute approximate surface area is 67.5 Å². The van der Waals surface area contributed by atoms with Gasteiger partial charge in [0.2, 0.25) is 0 Å². The molecule has 0 amide bonds. The lowest BCUT2D eigenvalue weighted by Gasteiger charge is -2.16. The van der Waals surface area contributed by atoms with E-state index >= 15 is 0 Å². The van der Waals surface area contributed by atoms with Crippen molar-refractivity contribution in [1.29, 1.82) is 0 Å². The Bertz CT molecular complexity index is 124. The number of aliphatic hydroxyl groups excluding tert-OH is 2. The molecule has 0 bridgehead atoms. The van der Waals surface area contributed by atoms with Crippen molar-refractivity contribution in [2.75, 3.05) is 13.2 Å². The first-order chi connectivity index (χ1) is 5.11. The molecule has 0 fully saturated rings. The highest BCUT2D eigenvalue weighted by atomic mass is 32.2. The van der Waals surface area contributed by atoms with Crippen molar-refractivity contribution in [3.63, 3.8) is 0 Å². The topological polar surface area (TPSA) is 87.0 Å². The highest BCUT2D eigenvalue weighted by Crippen LogP contribution is 2.06. The largest absolute Gasteiger partial charge is 0.396 e. The third-order valence-electron chi connectivity index (χ3n) is 1.37. The molecule has 0 aliphatic rings. The molecule has 0 rings (SSSR count). The summed E-state index contributed by atoms with van der Waals surface area (Å²) in [6.07, 6.45) is -0.629. The van der Waals surface area contributed by atoms with Crippen LogP contribution in [-0.4, -0.2) is 38.3 Å². The quantitative estimate of drug-likeness (QED) is 0.483. The van der Waals surface area contributed by atoms with E-state index in [0.717, 1.165) is 0 Å². The van der Waals surface area contributed by atoms with Gasteiger partial charge in [0.05, 0.1) is 19.3 Å². The van der Waals surface area contributed by atoms with Crippen LogP contribution in [0.2, 0.25) is 0 Å². The second-order valence-corrected chi connectivity index (χ2v) is 2.77. The molecule has 0 saturated carbocycles. The van der Waals surface area contributed by atoms with Gasteiger partial charge in [-0.15, -0.1) is 0 Å². The fraction of sp³-hybridized carbons (Fsp3) is 1.00. The van der Waals surface area contributed by atoms with Crippen molar-refractivity contribution in [3.8, 4) is 0 Å². The number of aliphatic hydroxyl groups is 2. The van der Waals surface area contributed by atoms with Crippen LogP contribution in [0.3, 0.4) is 0 Å². The molecule has 0 spiro atoms. The van der Waals surface area contributed by atoms with E-state index in [9.17, 15) is 4.21 Å². The van der Waals surface area contributed by atoms with Gasteiger partial charge in [0, 0.05) is 5.92 Å². The van der Waals surface area contributed by atoms with E-state index in [4.69, 9.17) is 14.8 Å². The first-order valence-electron chi connectivity index (χ1n) is 3.11. The Morgan fingerprint density at radius 1 is 1.45 bits per heavy atom. The van der Waals surface area contributed by atoms with Crippen molar-refractivity contribution in [2.45, 2.75) is 13.0 Å². The fourth-order valence-corrected chi connectivity index (χ4v) is 0.980. The van der Waals surface area contributed by atoms with E-state index in [0.29, 0.717) is 0 Å². The molecular weight excluding hydrogens is 172 g/mol. The van der Waals surface area contributed by atoms with Crippen LogP contribution >= 0.6 is 0 Å². The Morgan fingerprint density at radius 2 is 1.91 bits per heavy atom. The summed E-state index contributed by atoms with van der Waals surface area (Å²) >= 11 is -2.34. The van der Waals surface area contributed by atoms with Gasteiger partial charge in [0.15, 0.2) is 0 Å². The molecule has 2 atom stereocenters. The average Bonchev–Trinajstić information content (AvgIpc) is 1.88. The van der Waals surface area contributed by atoms with Crippen molar-refractivity contribution in [1.82, 2.24) is 0 Å². The molecule has 0 saturated heterocycles. The van der Waals surface area contributed by atoms with Gasteiger partial charge in [-0.05, 0) is 6.92 Å². The highest BCUT2D eigenvalue weighted by Gasteiger charge is 2.17. The van der Waals surface area contributed by atoms with E-state index in [2.05, 4.69) is 4.18 Å². The predicted molar refractivity (Wildman–Crippen MR) is 39.0 cm³/mol. The summed E-state index contributed by atoms with van der Waals surface area (Å²) in [7, 11) is 0. The van der Waals surface area contributed by atoms with Crippen LogP contribution in [0, 0.1) is 5.92 Å². The van der Waals surface area contributed by atoms with Crippen molar-refractivity contribution in [3.05, 3.63) is 0 Å². The maximum atomic E-state index is 10.1. The summed E-state index contributed by atoms with van der Waals surface area (Å²) in [6.45, 7) is 0.967. The molecule has 3 N–H and O–H groups in total. The summed E-state index contributed by atoms with van der Waals surface area (Å²) in [5.41, 5.74) is 0. The first kappa shape index (κ1) is 11.0. The Balaban J connectivity index is 3.78. The van der Waals surface area contributed by atoms with E-state index in [1.54, 1.807) is 0 Å². The smallest absolute Gasteiger partial charge is 0.302 e. The Kier molecular flexibility index (Phi) is 5.61. The third kappa shape index (κ3) is 4.44. The predicted octanol–water partition coefficient (Wildman–Crippen LogP) is -0.871. The minimum Gasteiger partial charge on any atom is -0.396 e. The Hall–Kier alpha value is -0.0100. The molecule has 68 valence electrons. The van der Waals surface area contributed by atoms with E-state index < -0.39 is 23.4 Å². The van der Waals surface area contributed by atoms with E-state index in [-0.39, 0.29) is 13.2 Å². The van der Waals surface area contributed by atoms with Gasteiger partial charge in [-0.3, -0.25) is 8.74 Å². The van der Waals surface area contributed by atoms with E-state index in [1.807, 2.05) is 0 Å². The number of hydrogen-bond donors (Lipinski definition) is 3. The molecule has 11 heavy (non-hydrogen) atoms. The standard InChI is InChI=1S/C5H12O5S/c1-4(10-11(8)9)5(2-6)3-7/h4-7H,2-3H2,1H3,(H,8,9). The van der Waals surface area contributed by atoms with Crippen molar-refractivity contribution >= 4 is 11.4 Å². The van der Waals surface area contributed by atoms with Crippen LogP contribution in [0.4, 0.5) is 0 Å². The second-order valence-electron chi connectivity index (χ2n) is 2.14. The lowest BCUT2D eigenvalue weighted by Crippen LogP contribution is -2.27. The molecule has 0 radical (unpaired) electrons. The monoisotopic (exact) mass is 184 g/mol. The van der Waals surface area contributed by atoms with Gasteiger partial charge in [0.1, 0.15) is 0 Å².